The molecular weight excluding hydrogens is 232 g/mol. The topological polar surface area (TPSA) is 25.2 Å². The predicted molar refractivity (Wildman–Crippen MR) is 82.9 cm³/mol. The average molecular weight is 254 g/mol. The Morgan fingerprint density at radius 3 is 2.47 bits per heavy atom. The zero-order valence-electron chi connectivity index (χ0n) is 12.4. The van der Waals surface area contributed by atoms with Crippen LogP contribution in [0.2, 0.25) is 0 Å². The Labute approximate surface area is 115 Å². The van der Waals surface area contributed by atoms with E-state index in [0.717, 1.165) is 16.9 Å². The van der Waals surface area contributed by atoms with Gasteiger partial charge in [-0.05, 0) is 31.4 Å². The van der Waals surface area contributed by atoms with Crippen molar-refractivity contribution in [2.24, 2.45) is 10.4 Å². The molecule has 2 nitrogen and oxygen atoms in total. The van der Waals surface area contributed by atoms with Gasteiger partial charge < -0.3 is 0 Å². The van der Waals surface area contributed by atoms with Crippen LogP contribution in [0.5, 0.6) is 0 Å². The minimum atomic E-state index is 0.179. The van der Waals surface area contributed by atoms with Gasteiger partial charge in [0, 0.05) is 5.39 Å². The summed E-state index contributed by atoms with van der Waals surface area (Å²) in [4.78, 5) is 9.46. The van der Waals surface area contributed by atoms with Crippen LogP contribution in [0, 0.1) is 5.41 Å². The van der Waals surface area contributed by atoms with Crippen LogP contribution in [0.3, 0.4) is 0 Å². The quantitative estimate of drug-likeness (QED) is 0.725. The maximum Gasteiger partial charge on any atom is 0.0844 e. The first-order valence-corrected chi connectivity index (χ1v) is 6.78. The normalized spacial score (nSPS) is 14.7. The Balaban J connectivity index is 2.36. The van der Waals surface area contributed by atoms with Gasteiger partial charge in [0.05, 0.1) is 23.0 Å². The Morgan fingerprint density at radius 2 is 1.79 bits per heavy atom. The van der Waals surface area contributed by atoms with E-state index < -0.39 is 0 Å². The van der Waals surface area contributed by atoms with Crippen LogP contribution in [-0.4, -0.2) is 16.7 Å². The summed E-state index contributed by atoms with van der Waals surface area (Å²) in [6.07, 6.45) is 0. The molecule has 0 N–H and O–H groups in total. The van der Waals surface area contributed by atoms with Gasteiger partial charge in [-0.15, -0.1) is 0 Å². The summed E-state index contributed by atoms with van der Waals surface area (Å²) >= 11 is 0. The van der Waals surface area contributed by atoms with Gasteiger partial charge in [-0.2, -0.15) is 0 Å². The lowest BCUT2D eigenvalue weighted by atomic mass is 9.88. The van der Waals surface area contributed by atoms with Gasteiger partial charge in [-0.1, -0.05) is 45.0 Å². The lowest BCUT2D eigenvalue weighted by molar-refractivity contribution is 0.342. The molecule has 1 aromatic carbocycles. The smallest absolute Gasteiger partial charge is 0.0844 e. The van der Waals surface area contributed by atoms with E-state index in [1.807, 2.05) is 25.1 Å². The molecule has 0 saturated carbocycles. The van der Waals surface area contributed by atoms with Crippen LogP contribution in [0.25, 0.3) is 10.9 Å². The number of aliphatic imine (C=N–C) groups is 1. The van der Waals surface area contributed by atoms with Crippen molar-refractivity contribution in [1.82, 2.24) is 4.98 Å². The summed E-state index contributed by atoms with van der Waals surface area (Å²) in [6.45, 7) is 10.8. The van der Waals surface area contributed by atoms with E-state index in [9.17, 15) is 0 Å². The molecule has 2 rings (SSSR count). The first kappa shape index (κ1) is 13.7. The molecule has 1 unspecified atom stereocenters. The second kappa shape index (κ2) is 5.12. The fourth-order valence-corrected chi connectivity index (χ4v) is 1.82. The van der Waals surface area contributed by atoms with E-state index in [1.165, 1.54) is 5.39 Å². The van der Waals surface area contributed by atoms with Gasteiger partial charge in [0.2, 0.25) is 0 Å². The molecule has 0 bridgehead atoms. The number of aromatic nitrogens is 1. The molecule has 0 fully saturated rings. The van der Waals surface area contributed by atoms with Crippen LogP contribution in [0.15, 0.2) is 41.4 Å². The number of benzene rings is 1. The monoisotopic (exact) mass is 254 g/mol. The van der Waals surface area contributed by atoms with E-state index in [0.29, 0.717) is 0 Å². The van der Waals surface area contributed by atoms with Crippen LogP contribution in [0.4, 0.5) is 0 Å². The van der Waals surface area contributed by atoms with Crippen molar-refractivity contribution in [2.75, 3.05) is 0 Å². The number of rotatable bonds is 2. The largest absolute Gasteiger partial charge is 0.284 e. The summed E-state index contributed by atoms with van der Waals surface area (Å²) in [5.41, 5.74) is 3.18. The van der Waals surface area contributed by atoms with Crippen molar-refractivity contribution in [3.8, 4) is 0 Å². The molecule has 100 valence electrons. The molecule has 0 aliphatic carbocycles. The Hall–Kier alpha value is -1.70. The van der Waals surface area contributed by atoms with Gasteiger partial charge in [0.1, 0.15) is 0 Å². The zero-order chi connectivity index (χ0) is 14.0. The average Bonchev–Trinajstić information content (AvgIpc) is 2.37. The third-order valence-corrected chi connectivity index (χ3v) is 3.61. The van der Waals surface area contributed by atoms with Gasteiger partial charge in [0.15, 0.2) is 0 Å². The second-order valence-electron chi connectivity index (χ2n) is 6.15. The minimum absolute atomic E-state index is 0.179. The number of hydrogen-bond donors (Lipinski definition) is 0. The third-order valence-electron chi connectivity index (χ3n) is 3.61. The summed E-state index contributed by atoms with van der Waals surface area (Å²) in [5.74, 6) is 0. The highest BCUT2D eigenvalue weighted by atomic mass is 14.8. The van der Waals surface area contributed by atoms with Crippen LogP contribution in [0.1, 0.15) is 40.3 Å². The molecule has 0 spiro atoms. The number of para-hydroxylation sites is 1. The number of pyridine rings is 1. The van der Waals surface area contributed by atoms with Crippen molar-refractivity contribution in [3.05, 3.63) is 42.1 Å². The molecule has 19 heavy (non-hydrogen) atoms. The summed E-state index contributed by atoms with van der Waals surface area (Å²) in [7, 11) is 0. The zero-order valence-corrected chi connectivity index (χ0v) is 12.4. The highest BCUT2D eigenvalue weighted by Gasteiger charge is 2.19. The Bertz CT molecular complexity index is 606. The van der Waals surface area contributed by atoms with Gasteiger partial charge in [-0.25, -0.2) is 4.98 Å². The summed E-state index contributed by atoms with van der Waals surface area (Å²) in [5, 5.41) is 1.17. The lowest BCUT2D eigenvalue weighted by Crippen LogP contribution is -2.22. The third kappa shape index (κ3) is 3.19. The van der Waals surface area contributed by atoms with Crippen LogP contribution in [-0.2, 0) is 0 Å². The maximum absolute atomic E-state index is 4.78. The second-order valence-corrected chi connectivity index (χ2v) is 6.15. The molecule has 1 aromatic heterocycles. The standard InChI is InChI=1S/C17H22N2/c1-12(18-13(2)17(3,4)5)15-11-10-14-8-6-7-9-16(14)19-15/h6-11,13H,1-5H3. The van der Waals surface area contributed by atoms with E-state index >= 15 is 0 Å². The van der Waals surface area contributed by atoms with Gasteiger partial charge >= 0.3 is 0 Å². The van der Waals surface area contributed by atoms with E-state index in [2.05, 4.69) is 50.9 Å². The molecule has 1 atom stereocenters. The highest BCUT2D eigenvalue weighted by Crippen LogP contribution is 2.22. The van der Waals surface area contributed by atoms with Crippen molar-refractivity contribution >= 4 is 16.6 Å². The van der Waals surface area contributed by atoms with Crippen molar-refractivity contribution in [3.63, 3.8) is 0 Å². The molecule has 0 radical (unpaired) electrons. The molecule has 2 heteroatoms. The fraction of sp³-hybridized carbons (Fsp3) is 0.412. The SMILES string of the molecule is CC(=NC(C)C(C)(C)C)c1ccc2ccccc2n1. The molecule has 0 aliphatic rings. The van der Waals surface area contributed by atoms with Gasteiger partial charge in [0.25, 0.3) is 0 Å². The first-order chi connectivity index (χ1) is 8.88. The van der Waals surface area contributed by atoms with E-state index in [4.69, 9.17) is 4.99 Å². The molecule has 0 amide bonds. The summed E-state index contributed by atoms with van der Waals surface area (Å²) < 4.78 is 0. The van der Waals surface area contributed by atoms with Crippen molar-refractivity contribution < 1.29 is 0 Å². The van der Waals surface area contributed by atoms with Crippen molar-refractivity contribution in [2.45, 2.75) is 40.7 Å². The number of nitrogens with zero attached hydrogens (tertiary/aromatic N) is 2. The van der Waals surface area contributed by atoms with E-state index in [-0.39, 0.29) is 11.5 Å². The minimum Gasteiger partial charge on any atom is -0.284 e. The summed E-state index contributed by atoms with van der Waals surface area (Å²) in [6, 6.07) is 12.6. The Morgan fingerprint density at radius 1 is 1.11 bits per heavy atom. The maximum atomic E-state index is 4.78. The molecule has 0 aliphatic heterocycles. The van der Waals surface area contributed by atoms with E-state index in [1.54, 1.807) is 0 Å². The first-order valence-electron chi connectivity index (χ1n) is 6.78. The van der Waals surface area contributed by atoms with Crippen molar-refractivity contribution in [1.29, 1.82) is 0 Å². The molecule has 1 heterocycles. The van der Waals surface area contributed by atoms with Gasteiger partial charge in [-0.3, -0.25) is 4.99 Å². The number of hydrogen-bond acceptors (Lipinski definition) is 2. The molecule has 2 aromatic rings. The molecular formula is C17H22N2. The number of fused-ring (bicyclic) bond motifs is 1. The lowest BCUT2D eigenvalue weighted by Gasteiger charge is -2.24. The molecule has 0 saturated heterocycles. The fourth-order valence-electron chi connectivity index (χ4n) is 1.82. The Kier molecular flexibility index (Phi) is 3.70. The van der Waals surface area contributed by atoms with Crippen LogP contribution < -0.4 is 0 Å². The highest BCUT2D eigenvalue weighted by molar-refractivity contribution is 5.98. The van der Waals surface area contributed by atoms with Crippen LogP contribution >= 0.6 is 0 Å². The predicted octanol–water partition coefficient (Wildman–Crippen LogP) is 4.48.